The van der Waals surface area contributed by atoms with Gasteiger partial charge >= 0.3 is 50.9 Å². The first-order valence-electron chi connectivity index (χ1n) is 1.90. The van der Waals surface area contributed by atoms with Gasteiger partial charge in [-0.3, -0.25) is 0 Å². The Kier molecular flexibility index (Phi) is 28.4. The summed E-state index contributed by atoms with van der Waals surface area (Å²) >= 11 is 0.535. The molecule has 0 heterocycles. The Balaban J connectivity index is 0. The first kappa shape index (κ1) is 10.8. The first-order chi connectivity index (χ1) is 2.91. The van der Waals surface area contributed by atoms with E-state index >= 15 is 0 Å². The van der Waals surface area contributed by atoms with Gasteiger partial charge in [-0.05, 0) is 6.42 Å². The predicted octanol–water partition coefficient (Wildman–Crippen LogP) is 0.697. The predicted molar refractivity (Wildman–Crippen MR) is 29.0 cm³/mol. The summed E-state index contributed by atoms with van der Waals surface area (Å²) in [4.78, 5) is 0. The second-order valence-corrected chi connectivity index (χ2v) is 0.724. The van der Waals surface area contributed by atoms with Crippen LogP contribution in [0.2, 0.25) is 0 Å². The number of hydrogen-bond donors (Lipinski definition) is 1. The van der Waals surface area contributed by atoms with Crippen molar-refractivity contribution in [2.75, 3.05) is 6.61 Å². The van der Waals surface area contributed by atoms with Gasteiger partial charge in [0.2, 0.25) is 0 Å². The van der Waals surface area contributed by atoms with Gasteiger partial charge in [0.1, 0.15) is 0 Å². The standard InChI is InChI=1S/C3H8O.ClH.K/c1-2-3-4;;/h4H,2-3H2,1H3;1H;/q;;+1/p-1. The fraction of sp³-hybridized carbons (Fsp3) is 1.00. The summed E-state index contributed by atoms with van der Waals surface area (Å²) in [5.41, 5.74) is 0. The van der Waals surface area contributed by atoms with Crippen LogP contribution in [0, 0.1) is 0 Å². The molecule has 0 aromatic heterocycles. The average molecular weight is 135 g/mol. The first-order valence-corrected chi connectivity index (χ1v) is 6.20. The van der Waals surface area contributed by atoms with Crippen molar-refractivity contribution < 1.29 is 5.11 Å². The monoisotopic (exact) mass is 134 g/mol. The molecule has 0 atom stereocenters. The van der Waals surface area contributed by atoms with Crippen molar-refractivity contribution in [2.24, 2.45) is 0 Å². The molecule has 0 radical (unpaired) electrons. The second kappa shape index (κ2) is 15.8. The molecule has 0 amide bonds. The molecule has 0 rings (SSSR count). The molecule has 0 spiro atoms. The Labute approximate surface area is 74.5 Å². The van der Waals surface area contributed by atoms with Crippen molar-refractivity contribution in [3.63, 3.8) is 0 Å². The van der Waals surface area contributed by atoms with Gasteiger partial charge in [0.15, 0.2) is 0 Å². The van der Waals surface area contributed by atoms with Gasteiger partial charge in [-0.1, -0.05) is 6.92 Å². The summed E-state index contributed by atoms with van der Waals surface area (Å²) in [5.74, 6) is 0. The number of aliphatic hydroxyl groups excluding tert-OH is 1. The van der Waals surface area contributed by atoms with E-state index in [9.17, 15) is 0 Å². The zero-order chi connectivity index (χ0) is 5.41. The van der Waals surface area contributed by atoms with Gasteiger partial charge < -0.3 is 5.11 Å². The number of hydrogen-bond acceptors (Lipinski definition) is 1. The van der Waals surface area contributed by atoms with Crippen molar-refractivity contribution in [3.05, 3.63) is 0 Å². The molecule has 0 bridgehead atoms. The fourth-order valence-corrected chi connectivity index (χ4v) is 0. The molecule has 0 saturated heterocycles. The molecule has 6 heavy (non-hydrogen) atoms. The van der Waals surface area contributed by atoms with Crippen molar-refractivity contribution in [1.29, 1.82) is 0 Å². The Morgan fingerprint density at radius 3 is 1.83 bits per heavy atom. The van der Waals surface area contributed by atoms with E-state index in [-0.39, 0.29) is 0 Å². The zero-order valence-electron chi connectivity index (χ0n) is 4.24. The third-order valence-electron chi connectivity index (χ3n) is 0.224. The molecule has 3 heteroatoms. The number of halogens is 1. The molecule has 0 aromatic rings. The minimum absolute atomic E-state index is 0.319. The minimum atomic E-state index is 0.319. The van der Waals surface area contributed by atoms with Crippen LogP contribution in [0.1, 0.15) is 13.3 Å². The van der Waals surface area contributed by atoms with Crippen LogP contribution < -0.4 is 0 Å². The van der Waals surface area contributed by atoms with Crippen LogP contribution in [0.4, 0.5) is 0 Å². The number of aliphatic hydroxyl groups is 1. The summed E-state index contributed by atoms with van der Waals surface area (Å²) in [6.45, 7) is 2.25. The van der Waals surface area contributed by atoms with E-state index in [0.717, 1.165) is 6.42 Å². The van der Waals surface area contributed by atoms with Gasteiger partial charge in [-0.15, -0.1) is 0 Å². The van der Waals surface area contributed by atoms with Crippen LogP contribution in [0.3, 0.4) is 0 Å². The third kappa shape index (κ3) is 16.9. The SMILES string of the molecule is CCCO.[Cl][K]. The van der Waals surface area contributed by atoms with Crippen LogP contribution in [-0.4, -0.2) is 58.9 Å². The van der Waals surface area contributed by atoms with E-state index in [4.69, 9.17) is 8.87 Å². The molecule has 0 unspecified atom stereocenters. The molecule has 0 aliphatic heterocycles. The fourth-order valence-electron chi connectivity index (χ4n) is 0. The third-order valence-corrected chi connectivity index (χ3v) is 0.224. The normalized spacial score (nSPS) is 6.17. The van der Waals surface area contributed by atoms with Crippen LogP contribution in [-0.2, 0) is 0 Å². The van der Waals surface area contributed by atoms with Crippen molar-refractivity contribution in [1.82, 2.24) is 0 Å². The molecule has 0 saturated carbocycles. The number of rotatable bonds is 1. The van der Waals surface area contributed by atoms with Crippen LogP contribution in [0.15, 0.2) is 0 Å². The molecule has 1 N–H and O–H groups in total. The maximum absolute atomic E-state index is 7.88. The van der Waals surface area contributed by atoms with Gasteiger partial charge in [0, 0.05) is 6.61 Å². The zero-order valence-corrected chi connectivity index (χ0v) is 8.12. The molecule has 0 aliphatic carbocycles. The Hall–Kier alpha value is 1.89. The van der Waals surface area contributed by atoms with Crippen LogP contribution in [0.5, 0.6) is 0 Å². The average Bonchev–Trinajstić information content (AvgIpc) is 1.72. The quantitative estimate of drug-likeness (QED) is 0.524. The Morgan fingerprint density at radius 2 is 1.83 bits per heavy atom. The summed E-state index contributed by atoms with van der Waals surface area (Å²) in [7, 11) is 0. The molecule has 0 aromatic carbocycles. The van der Waals surface area contributed by atoms with E-state index in [1.807, 2.05) is 6.92 Å². The molecule has 34 valence electrons. The van der Waals surface area contributed by atoms with Gasteiger partial charge in [0.05, 0.1) is 0 Å². The van der Waals surface area contributed by atoms with E-state index in [2.05, 4.69) is 0 Å². The summed E-state index contributed by atoms with van der Waals surface area (Å²) < 4.78 is 4.83. The van der Waals surface area contributed by atoms with Crippen LogP contribution in [0.25, 0.3) is 0 Å². The molecule has 1 nitrogen and oxygen atoms in total. The maximum atomic E-state index is 7.88. The van der Waals surface area contributed by atoms with E-state index < -0.39 is 0 Å². The van der Waals surface area contributed by atoms with Crippen molar-refractivity contribution >= 4 is 50.9 Å². The molecule has 0 fully saturated rings. The second-order valence-electron chi connectivity index (χ2n) is 0.724. The van der Waals surface area contributed by atoms with Crippen molar-refractivity contribution in [2.45, 2.75) is 13.3 Å². The molecular weight excluding hydrogens is 127 g/mol. The summed E-state index contributed by atoms with van der Waals surface area (Å²) in [5, 5.41) is 7.88. The van der Waals surface area contributed by atoms with Crippen molar-refractivity contribution in [3.8, 4) is 0 Å². The van der Waals surface area contributed by atoms with Gasteiger partial charge in [-0.25, -0.2) is 0 Å². The van der Waals surface area contributed by atoms with Crippen LogP contribution >= 0.6 is 3.76 Å². The summed E-state index contributed by atoms with van der Waals surface area (Å²) in [6, 6.07) is 0. The van der Waals surface area contributed by atoms with E-state index in [0.29, 0.717) is 53.7 Å². The van der Waals surface area contributed by atoms with Gasteiger partial charge in [0.25, 0.3) is 0 Å². The Bertz CT molecular complexity index is 12.8. The van der Waals surface area contributed by atoms with E-state index in [1.54, 1.807) is 0 Å². The Morgan fingerprint density at radius 1 is 1.67 bits per heavy atom. The molecular formula is C3H8ClKO. The van der Waals surface area contributed by atoms with E-state index in [1.165, 1.54) is 0 Å². The van der Waals surface area contributed by atoms with Gasteiger partial charge in [-0.2, -0.15) is 0 Å². The topological polar surface area (TPSA) is 20.2 Å². The molecule has 0 aliphatic rings. The summed E-state index contributed by atoms with van der Waals surface area (Å²) in [6.07, 6.45) is 0.875.